The first-order valence-electron chi connectivity index (χ1n) is 7.92. The largest absolute Gasteiger partial charge is 0.381 e. The molecule has 1 saturated heterocycles. The van der Waals surface area contributed by atoms with Gasteiger partial charge < -0.3 is 20.3 Å². The first kappa shape index (κ1) is 16.9. The first-order chi connectivity index (χ1) is 9.19. The second-order valence-electron chi connectivity index (χ2n) is 5.76. The summed E-state index contributed by atoms with van der Waals surface area (Å²) in [5.41, 5.74) is 6.19. The summed E-state index contributed by atoms with van der Waals surface area (Å²) in [6.45, 7) is 16.1. The predicted octanol–water partition coefficient (Wildman–Crippen LogP) is 1.41. The van der Waals surface area contributed by atoms with Crippen molar-refractivity contribution >= 4 is 0 Å². The minimum Gasteiger partial charge on any atom is -0.381 e. The molecule has 0 aliphatic carbocycles. The highest BCUT2D eigenvalue weighted by molar-refractivity contribution is 4.87. The van der Waals surface area contributed by atoms with Gasteiger partial charge in [-0.15, -0.1) is 0 Å². The van der Waals surface area contributed by atoms with E-state index < -0.39 is 0 Å². The van der Waals surface area contributed by atoms with Gasteiger partial charge in [0.15, 0.2) is 0 Å². The molecule has 0 aromatic carbocycles. The lowest BCUT2D eigenvalue weighted by atomic mass is 9.87. The van der Waals surface area contributed by atoms with Crippen molar-refractivity contribution in [2.75, 3.05) is 59.0 Å². The van der Waals surface area contributed by atoms with Crippen molar-refractivity contribution in [1.82, 2.24) is 9.80 Å². The SMILES string of the molecule is CCN(CC)CCCN(CC)CC1(CN)CCOC1. The van der Waals surface area contributed by atoms with E-state index in [4.69, 9.17) is 10.5 Å². The zero-order chi connectivity index (χ0) is 14.1. The van der Waals surface area contributed by atoms with Gasteiger partial charge >= 0.3 is 0 Å². The molecule has 1 rings (SSSR count). The van der Waals surface area contributed by atoms with E-state index in [2.05, 4.69) is 30.6 Å². The molecule has 0 amide bonds. The molecule has 0 aromatic rings. The number of hydrogen-bond acceptors (Lipinski definition) is 4. The molecule has 1 fully saturated rings. The van der Waals surface area contributed by atoms with Gasteiger partial charge in [-0.25, -0.2) is 0 Å². The Bertz CT molecular complexity index is 225. The van der Waals surface area contributed by atoms with Gasteiger partial charge in [-0.05, 0) is 45.6 Å². The Morgan fingerprint density at radius 1 is 1.05 bits per heavy atom. The number of ether oxygens (including phenoxy) is 1. The van der Waals surface area contributed by atoms with Gasteiger partial charge in [0.05, 0.1) is 6.61 Å². The van der Waals surface area contributed by atoms with Crippen molar-refractivity contribution in [1.29, 1.82) is 0 Å². The Morgan fingerprint density at radius 2 is 1.68 bits per heavy atom. The van der Waals surface area contributed by atoms with Crippen molar-refractivity contribution in [2.24, 2.45) is 11.1 Å². The van der Waals surface area contributed by atoms with E-state index in [1.807, 2.05) is 0 Å². The molecule has 19 heavy (non-hydrogen) atoms. The van der Waals surface area contributed by atoms with E-state index in [9.17, 15) is 0 Å². The average Bonchev–Trinajstić information content (AvgIpc) is 2.91. The van der Waals surface area contributed by atoms with Crippen LogP contribution in [0.25, 0.3) is 0 Å². The summed E-state index contributed by atoms with van der Waals surface area (Å²) in [6.07, 6.45) is 2.37. The Labute approximate surface area is 119 Å². The Balaban J connectivity index is 2.32. The molecule has 0 saturated carbocycles. The van der Waals surface area contributed by atoms with Gasteiger partial charge in [-0.2, -0.15) is 0 Å². The van der Waals surface area contributed by atoms with Crippen LogP contribution in [0.3, 0.4) is 0 Å². The summed E-state index contributed by atoms with van der Waals surface area (Å²) < 4.78 is 5.56. The smallest absolute Gasteiger partial charge is 0.0547 e. The number of hydrogen-bond donors (Lipinski definition) is 1. The maximum atomic E-state index is 5.98. The third-order valence-corrected chi connectivity index (χ3v) is 4.47. The van der Waals surface area contributed by atoms with E-state index in [0.717, 1.165) is 52.4 Å². The molecule has 2 N–H and O–H groups in total. The fourth-order valence-corrected chi connectivity index (χ4v) is 2.88. The quantitative estimate of drug-likeness (QED) is 0.652. The zero-order valence-electron chi connectivity index (χ0n) is 13.2. The number of rotatable bonds is 10. The lowest BCUT2D eigenvalue weighted by Crippen LogP contribution is -2.44. The molecule has 4 heteroatoms. The van der Waals surface area contributed by atoms with Gasteiger partial charge in [0.1, 0.15) is 0 Å². The minimum absolute atomic E-state index is 0.214. The molecule has 4 nitrogen and oxygen atoms in total. The zero-order valence-corrected chi connectivity index (χ0v) is 13.2. The highest BCUT2D eigenvalue weighted by Gasteiger charge is 2.34. The van der Waals surface area contributed by atoms with Crippen LogP contribution in [0.5, 0.6) is 0 Å². The van der Waals surface area contributed by atoms with Crippen molar-refractivity contribution in [3.8, 4) is 0 Å². The fraction of sp³-hybridized carbons (Fsp3) is 1.00. The molecular weight excluding hydrogens is 238 g/mol. The Kier molecular flexibility index (Phi) is 7.91. The topological polar surface area (TPSA) is 41.7 Å². The monoisotopic (exact) mass is 271 g/mol. The number of nitrogens with two attached hydrogens (primary N) is 1. The predicted molar refractivity (Wildman–Crippen MR) is 81.4 cm³/mol. The van der Waals surface area contributed by atoms with Gasteiger partial charge in [0.2, 0.25) is 0 Å². The average molecular weight is 271 g/mol. The highest BCUT2D eigenvalue weighted by Crippen LogP contribution is 2.28. The summed E-state index contributed by atoms with van der Waals surface area (Å²) in [5, 5.41) is 0. The van der Waals surface area contributed by atoms with Crippen LogP contribution in [0.2, 0.25) is 0 Å². The maximum absolute atomic E-state index is 5.98. The molecule has 0 aromatic heterocycles. The van der Waals surface area contributed by atoms with Crippen LogP contribution in [0.15, 0.2) is 0 Å². The summed E-state index contributed by atoms with van der Waals surface area (Å²) in [4.78, 5) is 5.04. The van der Waals surface area contributed by atoms with Gasteiger partial charge in [0, 0.05) is 25.1 Å². The minimum atomic E-state index is 0.214. The van der Waals surface area contributed by atoms with Crippen LogP contribution < -0.4 is 5.73 Å². The lowest BCUT2D eigenvalue weighted by Gasteiger charge is -2.33. The van der Waals surface area contributed by atoms with Crippen LogP contribution in [-0.2, 0) is 4.74 Å². The maximum Gasteiger partial charge on any atom is 0.0547 e. The first-order valence-corrected chi connectivity index (χ1v) is 7.92. The second-order valence-corrected chi connectivity index (χ2v) is 5.76. The fourth-order valence-electron chi connectivity index (χ4n) is 2.88. The van der Waals surface area contributed by atoms with Crippen molar-refractivity contribution in [3.05, 3.63) is 0 Å². The Hall–Kier alpha value is -0.160. The normalized spacial score (nSPS) is 23.7. The summed E-state index contributed by atoms with van der Waals surface area (Å²) in [6, 6.07) is 0. The molecule has 1 aliphatic heterocycles. The van der Waals surface area contributed by atoms with Gasteiger partial charge in [-0.3, -0.25) is 0 Å². The van der Waals surface area contributed by atoms with Crippen LogP contribution in [0.1, 0.15) is 33.6 Å². The molecule has 1 atom stereocenters. The summed E-state index contributed by atoms with van der Waals surface area (Å²) in [7, 11) is 0. The van der Waals surface area contributed by atoms with E-state index in [1.54, 1.807) is 0 Å². The molecule has 0 radical (unpaired) electrons. The van der Waals surface area contributed by atoms with Crippen LogP contribution in [0, 0.1) is 5.41 Å². The van der Waals surface area contributed by atoms with E-state index in [0.29, 0.717) is 0 Å². The molecule has 0 spiro atoms. The summed E-state index contributed by atoms with van der Waals surface area (Å²) >= 11 is 0. The van der Waals surface area contributed by atoms with E-state index in [1.165, 1.54) is 19.5 Å². The lowest BCUT2D eigenvalue weighted by molar-refractivity contribution is 0.114. The second kappa shape index (κ2) is 8.90. The van der Waals surface area contributed by atoms with Crippen molar-refractivity contribution in [3.63, 3.8) is 0 Å². The highest BCUT2D eigenvalue weighted by atomic mass is 16.5. The van der Waals surface area contributed by atoms with Gasteiger partial charge in [0.25, 0.3) is 0 Å². The molecule has 114 valence electrons. The van der Waals surface area contributed by atoms with E-state index in [-0.39, 0.29) is 5.41 Å². The molecular formula is C15H33N3O. The van der Waals surface area contributed by atoms with Crippen molar-refractivity contribution in [2.45, 2.75) is 33.6 Å². The van der Waals surface area contributed by atoms with Crippen LogP contribution in [0.4, 0.5) is 0 Å². The molecule has 1 unspecified atom stereocenters. The summed E-state index contributed by atoms with van der Waals surface area (Å²) in [5.74, 6) is 0. The molecule has 1 aliphatic rings. The van der Waals surface area contributed by atoms with E-state index >= 15 is 0 Å². The van der Waals surface area contributed by atoms with Gasteiger partial charge in [-0.1, -0.05) is 20.8 Å². The van der Waals surface area contributed by atoms with Crippen LogP contribution in [-0.4, -0.2) is 68.8 Å². The Morgan fingerprint density at radius 3 is 2.16 bits per heavy atom. The molecule has 1 heterocycles. The third-order valence-electron chi connectivity index (χ3n) is 4.47. The van der Waals surface area contributed by atoms with Crippen molar-refractivity contribution < 1.29 is 4.74 Å². The third kappa shape index (κ3) is 5.38. The molecule has 0 bridgehead atoms. The number of nitrogens with zero attached hydrogens (tertiary/aromatic N) is 2. The van der Waals surface area contributed by atoms with Crippen LogP contribution >= 0.6 is 0 Å². The standard InChI is InChI=1S/C15H33N3O/c1-4-17(5-2)9-7-10-18(6-3)13-15(12-16)8-11-19-14-15/h4-14,16H2,1-3H3.